The van der Waals surface area contributed by atoms with Crippen LogP contribution in [0.5, 0.6) is 0 Å². The Morgan fingerprint density at radius 1 is 1.00 bits per heavy atom. The van der Waals surface area contributed by atoms with Crippen LogP contribution in [0.15, 0.2) is 58.6 Å². The summed E-state index contributed by atoms with van der Waals surface area (Å²) in [6.07, 6.45) is 7.13. The summed E-state index contributed by atoms with van der Waals surface area (Å²) in [5.74, 6) is 0.328. The number of hydrogen-bond acceptors (Lipinski definition) is 10. The Kier molecular flexibility index (Phi) is 8.94. The maximum absolute atomic E-state index is 12.8. The normalized spacial score (nSPS) is 14.4. The first-order chi connectivity index (χ1) is 19.0. The minimum absolute atomic E-state index is 0.00447. The molecule has 0 unspecified atom stereocenters. The molecule has 2 aliphatic rings. The van der Waals surface area contributed by atoms with Crippen molar-refractivity contribution >= 4 is 51.0 Å². The highest BCUT2D eigenvalue weighted by atomic mass is 32.2. The lowest BCUT2D eigenvalue weighted by atomic mass is 10.1. The predicted molar refractivity (Wildman–Crippen MR) is 155 cm³/mol. The van der Waals surface area contributed by atoms with Gasteiger partial charge in [0.05, 0.1) is 18.5 Å². The molecule has 3 aromatic rings. The summed E-state index contributed by atoms with van der Waals surface area (Å²) in [5.41, 5.74) is 1.83. The smallest absolute Gasteiger partial charge is 0.233 e. The molecule has 39 heavy (non-hydrogen) atoms. The first-order valence-corrected chi connectivity index (χ1v) is 14.6. The second-order valence-corrected chi connectivity index (χ2v) is 11.5. The molecule has 1 aromatic carbocycles. The summed E-state index contributed by atoms with van der Waals surface area (Å²) in [6, 6.07) is 13.3. The fourth-order valence-electron chi connectivity index (χ4n) is 4.18. The minimum atomic E-state index is -0.118. The number of amidine groups is 1. The number of aliphatic imine (C=N–C) groups is 1. The number of carbonyl (C=O) groups is 2. The van der Waals surface area contributed by atoms with E-state index in [0.717, 1.165) is 71.5 Å². The topological polar surface area (TPSA) is 117 Å². The third-order valence-electron chi connectivity index (χ3n) is 6.28. The maximum atomic E-state index is 12.8. The number of nitrogens with zero attached hydrogens (tertiary/aromatic N) is 7. The van der Waals surface area contributed by atoms with E-state index in [1.54, 1.807) is 29.8 Å². The van der Waals surface area contributed by atoms with Crippen LogP contribution >= 0.6 is 23.1 Å². The molecule has 2 amide bonds. The lowest BCUT2D eigenvalue weighted by Crippen LogP contribution is -2.26. The van der Waals surface area contributed by atoms with Crippen molar-refractivity contribution in [1.82, 2.24) is 25.3 Å². The van der Waals surface area contributed by atoms with Gasteiger partial charge in [0.1, 0.15) is 5.01 Å². The number of fused-ring (bicyclic) bond motifs is 1. The molecule has 2 aliphatic heterocycles. The van der Waals surface area contributed by atoms with Gasteiger partial charge in [0.25, 0.3) is 0 Å². The Morgan fingerprint density at radius 2 is 1.85 bits per heavy atom. The Hall–Kier alpha value is -3.64. The molecule has 2 aromatic heterocycles. The van der Waals surface area contributed by atoms with Gasteiger partial charge in [0, 0.05) is 37.7 Å². The number of anilines is 2. The van der Waals surface area contributed by atoms with E-state index >= 15 is 0 Å². The molecule has 0 radical (unpaired) electrons. The van der Waals surface area contributed by atoms with Crippen molar-refractivity contribution in [2.45, 2.75) is 44.9 Å². The van der Waals surface area contributed by atoms with E-state index in [2.05, 4.69) is 35.6 Å². The van der Waals surface area contributed by atoms with E-state index in [4.69, 9.17) is 0 Å². The average molecular weight is 563 g/mol. The van der Waals surface area contributed by atoms with Crippen molar-refractivity contribution in [3.63, 3.8) is 0 Å². The molecule has 0 atom stereocenters. The monoisotopic (exact) mass is 562 g/mol. The molecule has 0 aliphatic carbocycles. The number of hydrogen-bond donors (Lipinski definition) is 1. The highest BCUT2D eigenvalue weighted by Crippen LogP contribution is 2.33. The fraction of sp³-hybridized carbons (Fsp3) is 0.370. The van der Waals surface area contributed by atoms with Crippen LogP contribution in [-0.4, -0.2) is 62.4 Å². The van der Waals surface area contributed by atoms with Gasteiger partial charge in [-0.25, -0.2) is 0 Å². The number of aryl methyl sites for hydroxylation is 2. The summed E-state index contributed by atoms with van der Waals surface area (Å²) >= 11 is 3.04. The van der Waals surface area contributed by atoms with E-state index in [0.29, 0.717) is 23.8 Å². The second-order valence-electron chi connectivity index (χ2n) is 9.34. The summed E-state index contributed by atoms with van der Waals surface area (Å²) in [7, 11) is 1.75. The van der Waals surface area contributed by atoms with Crippen LogP contribution in [0, 0.1) is 0 Å². The standard InChI is InChI=1S/C27H30N8O2S2/c1-34(25(37)17-21-18-35-15-7-14-28-26(35)38-21)27-33-32-24(39-27)11-6-5-10-20-12-13-22(31-30-20)29-23(36)16-19-8-3-2-4-9-19/h2-4,8-9,12-13,18H,5-7,10-11,14-17H2,1H3,(H,29,31,36). The maximum Gasteiger partial charge on any atom is 0.233 e. The second kappa shape index (κ2) is 12.9. The van der Waals surface area contributed by atoms with Crippen LogP contribution in [-0.2, 0) is 28.9 Å². The largest absolute Gasteiger partial charge is 0.327 e. The van der Waals surface area contributed by atoms with Crippen molar-refractivity contribution in [2.24, 2.45) is 4.99 Å². The van der Waals surface area contributed by atoms with E-state index in [9.17, 15) is 9.59 Å². The van der Waals surface area contributed by atoms with Gasteiger partial charge in [0.2, 0.25) is 16.9 Å². The van der Waals surface area contributed by atoms with Crippen LogP contribution in [0.2, 0.25) is 0 Å². The Labute approximate surface area is 235 Å². The zero-order valence-electron chi connectivity index (χ0n) is 21.7. The quantitative estimate of drug-likeness (QED) is 0.348. The minimum Gasteiger partial charge on any atom is -0.327 e. The molecule has 12 heteroatoms. The SMILES string of the molecule is CN(C(=O)CC1=CN2CCCN=C2S1)c1nnc(CCCCc2ccc(NC(=O)Cc3ccccc3)nn2)s1. The van der Waals surface area contributed by atoms with Crippen LogP contribution in [0.25, 0.3) is 0 Å². The third kappa shape index (κ3) is 7.48. The molecule has 0 saturated carbocycles. The molecule has 10 nitrogen and oxygen atoms in total. The van der Waals surface area contributed by atoms with Gasteiger partial charge in [-0.2, -0.15) is 5.10 Å². The first-order valence-electron chi connectivity index (χ1n) is 13.0. The molecule has 5 rings (SSSR count). The van der Waals surface area contributed by atoms with Crippen molar-refractivity contribution in [2.75, 3.05) is 30.4 Å². The Morgan fingerprint density at radius 3 is 2.64 bits per heavy atom. The molecule has 202 valence electrons. The van der Waals surface area contributed by atoms with E-state index in [-0.39, 0.29) is 11.8 Å². The number of rotatable bonds is 11. The number of carbonyl (C=O) groups excluding carboxylic acids is 2. The van der Waals surface area contributed by atoms with Gasteiger partial charge in [-0.15, -0.1) is 15.3 Å². The molecule has 0 fully saturated rings. The molecule has 0 bridgehead atoms. The zero-order chi connectivity index (χ0) is 27.0. The number of amides is 2. The van der Waals surface area contributed by atoms with Crippen LogP contribution in [0.3, 0.4) is 0 Å². The molecule has 0 saturated heterocycles. The number of aromatic nitrogens is 4. The van der Waals surface area contributed by atoms with Gasteiger partial charge in [-0.1, -0.05) is 53.4 Å². The number of benzene rings is 1. The number of unbranched alkanes of at least 4 members (excludes halogenated alkanes) is 1. The summed E-state index contributed by atoms with van der Waals surface area (Å²) in [6.45, 7) is 1.82. The van der Waals surface area contributed by atoms with Crippen LogP contribution < -0.4 is 10.2 Å². The number of nitrogens with one attached hydrogen (secondary N) is 1. The molecular weight excluding hydrogens is 532 g/mol. The molecule has 1 N–H and O–H groups in total. The lowest BCUT2D eigenvalue weighted by molar-refractivity contribution is -0.117. The lowest BCUT2D eigenvalue weighted by Gasteiger charge is -2.19. The van der Waals surface area contributed by atoms with Crippen molar-refractivity contribution in [1.29, 1.82) is 0 Å². The predicted octanol–water partition coefficient (Wildman–Crippen LogP) is 4.08. The van der Waals surface area contributed by atoms with Gasteiger partial charge >= 0.3 is 0 Å². The van der Waals surface area contributed by atoms with Crippen LogP contribution in [0.1, 0.15) is 41.9 Å². The highest BCUT2D eigenvalue weighted by Gasteiger charge is 2.26. The van der Waals surface area contributed by atoms with Gasteiger partial charge in [0.15, 0.2) is 11.0 Å². The van der Waals surface area contributed by atoms with Gasteiger partial charge in [-0.05, 0) is 43.4 Å². The third-order valence-corrected chi connectivity index (χ3v) is 8.40. The van der Waals surface area contributed by atoms with E-state index < -0.39 is 0 Å². The van der Waals surface area contributed by atoms with E-state index in [1.807, 2.05) is 42.6 Å². The summed E-state index contributed by atoms with van der Waals surface area (Å²) < 4.78 is 0. The van der Waals surface area contributed by atoms with Crippen molar-refractivity contribution < 1.29 is 9.59 Å². The van der Waals surface area contributed by atoms with Crippen LogP contribution in [0.4, 0.5) is 10.9 Å². The van der Waals surface area contributed by atoms with Crippen molar-refractivity contribution in [3.8, 4) is 0 Å². The van der Waals surface area contributed by atoms with Gasteiger partial charge < -0.3 is 10.2 Å². The average Bonchev–Trinajstić information content (AvgIpc) is 3.59. The summed E-state index contributed by atoms with van der Waals surface area (Å²) in [5, 5.41) is 22.2. The molecule has 4 heterocycles. The Balaban J connectivity index is 1.02. The highest BCUT2D eigenvalue weighted by molar-refractivity contribution is 8.17. The first kappa shape index (κ1) is 26.9. The van der Waals surface area contributed by atoms with Gasteiger partial charge in [-0.3, -0.25) is 19.5 Å². The van der Waals surface area contributed by atoms with Crippen molar-refractivity contribution in [3.05, 3.63) is 69.8 Å². The number of thioether (sulfide) groups is 1. The Bertz CT molecular complexity index is 1360. The zero-order valence-corrected chi connectivity index (χ0v) is 23.4. The van der Waals surface area contributed by atoms with E-state index in [1.165, 1.54) is 11.3 Å². The molecule has 0 spiro atoms. The summed E-state index contributed by atoms with van der Waals surface area (Å²) in [4.78, 5) is 34.3. The molecular formula is C27H30N8O2S2. The fourth-order valence-corrected chi connectivity index (χ4v) is 6.06.